The number of alkyl halides is 1. The maximum Gasteiger partial charge on any atom is 0.228 e. The van der Waals surface area contributed by atoms with E-state index in [9.17, 15) is 4.79 Å². The molecule has 20 heavy (non-hydrogen) atoms. The van der Waals surface area contributed by atoms with Crippen molar-refractivity contribution in [3.05, 3.63) is 64.2 Å². The molecule has 1 heterocycles. The molecule has 1 aliphatic heterocycles. The van der Waals surface area contributed by atoms with E-state index in [2.05, 4.69) is 31.3 Å². The Labute approximate surface area is 123 Å². The largest absolute Gasteiger partial charge is 0.326 e. The third-order valence-electron chi connectivity index (χ3n) is 3.97. The van der Waals surface area contributed by atoms with Crippen LogP contribution in [-0.4, -0.2) is 5.91 Å². The molecule has 2 aromatic carbocycles. The summed E-state index contributed by atoms with van der Waals surface area (Å²) in [4.78, 5) is 11.4. The minimum Gasteiger partial charge on any atom is -0.326 e. The molecular formula is C17H16ClNO. The van der Waals surface area contributed by atoms with Crippen LogP contribution in [0.3, 0.4) is 0 Å². The molecule has 0 bridgehead atoms. The van der Waals surface area contributed by atoms with Gasteiger partial charge in [-0.3, -0.25) is 4.79 Å². The first-order valence-corrected chi connectivity index (χ1v) is 7.13. The summed E-state index contributed by atoms with van der Waals surface area (Å²) in [6.45, 7) is 4.19. The Balaban J connectivity index is 1.99. The standard InChI is InChI=1S/C17H16ClNO/c1-10-4-3-5-14(11(10)2)17(18)12-6-7-15-13(8-12)9-16(20)19-15/h3-8,17H,9H2,1-2H3,(H,19,20). The van der Waals surface area contributed by atoms with Crippen molar-refractivity contribution >= 4 is 23.2 Å². The number of aryl methyl sites for hydroxylation is 1. The maximum absolute atomic E-state index is 11.4. The van der Waals surface area contributed by atoms with Crippen LogP contribution in [0.5, 0.6) is 0 Å². The predicted octanol–water partition coefficient (Wildman–Crippen LogP) is 4.13. The summed E-state index contributed by atoms with van der Waals surface area (Å²) in [7, 11) is 0. The SMILES string of the molecule is Cc1cccc(C(Cl)c2ccc3c(c2)CC(=O)N3)c1C. The van der Waals surface area contributed by atoms with Gasteiger partial charge in [0.1, 0.15) is 0 Å². The minimum atomic E-state index is -0.184. The lowest BCUT2D eigenvalue weighted by Gasteiger charge is -2.15. The summed E-state index contributed by atoms with van der Waals surface area (Å²) in [6.07, 6.45) is 0.444. The first-order chi connectivity index (χ1) is 9.56. The maximum atomic E-state index is 11.4. The molecule has 0 spiro atoms. The molecule has 0 fully saturated rings. The van der Waals surface area contributed by atoms with Gasteiger partial charge < -0.3 is 5.32 Å². The molecule has 1 amide bonds. The van der Waals surface area contributed by atoms with Gasteiger partial charge in [-0.1, -0.05) is 30.3 Å². The zero-order chi connectivity index (χ0) is 14.3. The average molecular weight is 286 g/mol. The Kier molecular flexibility index (Phi) is 3.27. The fourth-order valence-corrected chi connectivity index (χ4v) is 3.01. The molecule has 1 N–H and O–H groups in total. The van der Waals surface area contributed by atoms with E-state index in [4.69, 9.17) is 11.6 Å². The molecule has 2 aromatic rings. The van der Waals surface area contributed by atoms with Gasteiger partial charge in [-0.25, -0.2) is 0 Å². The summed E-state index contributed by atoms with van der Waals surface area (Å²) < 4.78 is 0. The van der Waals surface area contributed by atoms with E-state index >= 15 is 0 Å². The summed E-state index contributed by atoms with van der Waals surface area (Å²) >= 11 is 6.64. The van der Waals surface area contributed by atoms with Crippen molar-refractivity contribution < 1.29 is 4.79 Å². The Hall–Kier alpha value is -1.80. The van der Waals surface area contributed by atoms with E-state index in [1.807, 2.05) is 24.3 Å². The van der Waals surface area contributed by atoms with Crippen molar-refractivity contribution in [1.29, 1.82) is 0 Å². The van der Waals surface area contributed by atoms with Gasteiger partial charge >= 0.3 is 0 Å². The Morgan fingerprint density at radius 1 is 1.20 bits per heavy atom. The van der Waals surface area contributed by atoms with Gasteiger partial charge in [0.2, 0.25) is 5.91 Å². The zero-order valence-corrected chi connectivity index (χ0v) is 12.3. The van der Waals surface area contributed by atoms with Gasteiger partial charge in [0.15, 0.2) is 0 Å². The number of hydrogen-bond donors (Lipinski definition) is 1. The molecule has 0 saturated carbocycles. The van der Waals surface area contributed by atoms with Crippen molar-refractivity contribution in [3.63, 3.8) is 0 Å². The molecule has 2 nitrogen and oxygen atoms in total. The van der Waals surface area contributed by atoms with Crippen LogP contribution < -0.4 is 5.32 Å². The van der Waals surface area contributed by atoms with Gasteiger partial charge in [-0.05, 0) is 47.7 Å². The molecule has 0 radical (unpaired) electrons. The monoisotopic (exact) mass is 285 g/mol. The third-order valence-corrected chi connectivity index (χ3v) is 4.45. The molecule has 0 aliphatic carbocycles. The van der Waals surface area contributed by atoms with Crippen molar-refractivity contribution in [1.82, 2.24) is 0 Å². The number of carbonyl (C=O) groups excluding carboxylic acids is 1. The number of nitrogens with one attached hydrogen (secondary N) is 1. The molecule has 102 valence electrons. The van der Waals surface area contributed by atoms with Crippen molar-refractivity contribution in [2.75, 3.05) is 5.32 Å². The van der Waals surface area contributed by atoms with Crippen LogP contribution in [0.15, 0.2) is 36.4 Å². The second-order valence-electron chi connectivity index (χ2n) is 5.29. The van der Waals surface area contributed by atoms with Crippen molar-refractivity contribution in [2.24, 2.45) is 0 Å². The number of hydrogen-bond acceptors (Lipinski definition) is 1. The highest BCUT2D eigenvalue weighted by molar-refractivity contribution is 6.22. The summed E-state index contributed by atoms with van der Waals surface area (Å²) in [5.41, 5.74) is 6.57. The van der Waals surface area contributed by atoms with Crippen molar-refractivity contribution in [3.8, 4) is 0 Å². The number of halogens is 1. The first-order valence-electron chi connectivity index (χ1n) is 6.69. The lowest BCUT2D eigenvalue weighted by atomic mass is 9.95. The van der Waals surface area contributed by atoms with Gasteiger partial charge in [0.05, 0.1) is 11.8 Å². The highest BCUT2D eigenvalue weighted by Gasteiger charge is 2.20. The number of anilines is 1. The normalized spacial score (nSPS) is 14.8. The average Bonchev–Trinajstić information content (AvgIpc) is 2.80. The molecule has 1 aliphatic rings. The van der Waals surface area contributed by atoms with E-state index in [1.165, 1.54) is 11.1 Å². The van der Waals surface area contributed by atoms with Crippen LogP contribution >= 0.6 is 11.6 Å². The quantitative estimate of drug-likeness (QED) is 0.826. The third kappa shape index (κ3) is 2.20. The molecule has 0 saturated heterocycles. The van der Waals surface area contributed by atoms with Crippen LogP contribution in [0, 0.1) is 13.8 Å². The van der Waals surface area contributed by atoms with Crippen LogP contribution in [0.1, 0.15) is 33.2 Å². The summed E-state index contributed by atoms with van der Waals surface area (Å²) in [5, 5.41) is 2.66. The van der Waals surface area contributed by atoms with Gasteiger partial charge in [0.25, 0.3) is 0 Å². The lowest BCUT2D eigenvalue weighted by Crippen LogP contribution is -2.03. The summed E-state index contributed by atoms with van der Waals surface area (Å²) in [6, 6.07) is 12.2. The van der Waals surface area contributed by atoms with Gasteiger partial charge in [-0.2, -0.15) is 0 Å². The number of fused-ring (bicyclic) bond motifs is 1. The Morgan fingerprint density at radius 3 is 2.80 bits per heavy atom. The van der Waals surface area contributed by atoms with E-state index < -0.39 is 0 Å². The van der Waals surface area contributed by atoms with Gasteiger partial charge in [0, 0.05) is 5.69 Å². The van der Waals surface area contributed by atoms with Crippen molar-refractivity contribution in [2.45, 2.75) is 25.6 Å². The predicted molar refractivity (Wildman–Crippen MR) is 82.4 cm³/mol. The van der Waals surface area contributed by atoms with E-state index in [0.717, 1.165) is 22.4 Å². The zero-order valence-electron chi connectivity index (χ0n) is 11.5. The Bertz CT molecular complexity index is 693. The number of benzene rings is 2. The molecule has 3 rings (SSSR count). The summed E-state index contributed by atoms with van der Waals surface area (Å²) in [5.74, 6) is 0.0509. The smallest absolute Gasteiger partial charge is 0.228 e. The van der Waals surface area contributed by atoms with Gasteiger partial charge in [-0.15, -0.1) is 11.6 Å². The molecule has 0 aromatic heterocycles. The van der Waals surface area contributed by atoms with E-state index in [0.29, 0.717) is 6.42 Å². The molecule has 3 heteroatoms. The molecule has 1 unspecified atom stereocenters. The number of amides is 1. The topological polar surface area (TPSA) is 29.1 Å². The number of rotatable bonds is 2. The van der Waals surface area contributed by atoms with Crippen LogP contribution in [0.4, 0.5) is 5.69 Å². The molecule has 1 atom stereocenters. The Morgan fingerprint density at radius 2 is 2.00 bits per heavy atom. The fraction of sp³-hybridized carbons (Fsp3) is 0.235. The van der Waals surface area contributed by atoms with E-state index in [-0.39, 0.29) is 11.3 Å². The minimum absolute atomic E-state index is 0.0509. The van der Waals surface area contributed by atoms with Crippen LogP contribution in [0.2, 0.25) is 0 Å². The second kappa shape index (κ2) is 4.95. The lowest BCUT2D eigenvalue weighted by molar-refractivity contribution is -0.115. The van der Waals surface area contributed by atoms with Crippen LogP contribution in [0.25, 0.3) is 0 Å². The first kappa shape index (κ1) is 13.2. The fourth-order valence-electron chi connectivity index (χ4n) is 2.63. The highest BCUT2D eigenvalue weighted by atomic mass is 35.5. The number of carbonyl (C=O) groups is 1. The van der Waals surface area contributed by atoms with E-state index in [1.54, 1.807) is 0 Å². The second-order valence-corrected chi connectivity index (χ2v) is 5.73. The highest BCUT2D eigenvalue weighted by Crippen LogP contribution is 2.35. The molecular weight excluding hydrogens is 270 g/mol. The van der Waals surface area contributed by atoms with Crippen LogP contribution in [-0.2, 0) is 11.2 Å².